The van der Waals surface area contributed by atoms with Crippen molar-refractivity contribution in [1.82, 2.24) is 4.90 Å². The first kappa shape index (κ1) is 17.3. The Hall–Kier alpha value is -2.55. The van der Waals surface area contributed by atoms with E-state index in [9.17, 15) is 4.79 Å². The summed E-state index contributed by atoms with van der Waals surface area (Å²) in [4.78, 5) is 18.0. The predicted molar refractivity (Wildman–Crippen MR) is 117 cm³/mol. The Bertz CT molecular complexity index is 994. The molecule has 3 heterocycles. The molecule has 0 aromatic heterocycles. The van der Waals surface area contributed by atoms with Crippen molar-refractivity contribution < 1.29 is 4.79 Å². The fourth-order valence-electron chi connectivity index (χ4n) is 6.13. The standard InChI is InChI=1S/C26H28N2O/c29-26(20-8-2-1-3-9-20)27-16-15-24-22(17-27)21-11-6-10-19-14-13-18-7-4-5-12-23(18)28(24)25(19)21/h1-2,4-7,10-12,20,22,24H,3,8-9,13-17H2/t20?,22-,24+/m0/s1. The van der Waals surface area contributed by atoms with Gasteiger partial charge in [-0.3, -0.25) is 4.79 Å². The quantitative estimate of drug-likeness (QED) is 0.648. The number of carbonyl (C=O) groups excluding carboxylic acids is 1. The van der Waals surface area contributed by atoms with Gasteiger partial charge in [0.15, 0.2) is 0 Å². The van der Waals surface area contributed by atoms with E-state index in [2.05, 4.69) is 64.4 Å². The number of aryl methyl sites for hydroxylation is 2. The Morgan fingerprint density at radius 2 is 1.79 bits per heavy atom. The molecule has 29 heavy (non-hydrogen) atoms. The zero-order valence-corrected chi connectivity index (χ0v) is 16.9. The summed E-state index contributed by atoms with van der Waals surface area (Å²) in [5, 5.41) is 0. The summed E-state index contributed by atoms with van der Waals surface area (Å²) in [7, 11) is 0. The Labute approximate surface area is 173 Å². The number of nitrogens with zero attached hydrogens (tertiary/aromatic N) is 2. The van der Waals surface area contributed by atoms with Gasteiger partial charge in [0.2, 0.25) is 5.91 Å². The van der Waals surface area contributed by atoms with Crippen LogP contribution >= 0.6 is 0 Å². The number of amides is 1. The van der Waals surface area contributed by atoms with Gasteiger partial charge in [-0.15, -0.1) is 0 Å². The van der Waals surface area contributed by atoms with E-state index in [0.717, 1.165) is 51.6 Å². The molecule has 4 aliphatic rings. The summed E-state index contributed by atoms with van der Waals surface area (Å²) in [6.07, 6.45) is 10.7. The Balaban J connectivity index is 1.37. The first-order valence-electron chi connectivity index (χ1n) is 11.2. The summed E-state index contributed by atoms with van der Waals surface area (Å²) in [6, 6.07) is 16.3. The van der Waals surface area contributed by atoms with Crippen LogP contribution in [0.15, 0.2) is 54.6 Å². The van der Waals surface area contributed by atoms with Gasteiger partial charge in [0.1, 0.15) is 0 Å². The van der Waals surface area contributed by atoms with Crippen LogP contribution < -0.4 is 4.90 Å². The molecule has 1 amide bonds. The van der Waals surface area contributed by atoms with Crippen molar-refractivity contribution in [3.63, 3.8) is 0 Å². The smallest absolute Gasteiger partial charge is 0.226 e. The van der Waals surface area contributed by atoms with Crippen molar-refractivity contribution in [2.45, 2.75) is 50.5 Å². The van der Waals surface area contributed by atoms with Crippen molar-refractivity contribution in [3.8, 4) is 0 Å². The summed E-state index contributed by atoms with van der Waals surface area (Å²) in [5.74, 6) is 1.00. The Morgan fingerprint density at radius 3 is 2.69 bits per heavy atom. The molecule has 6 rings (SSSR count). The molecule has 3 aliphatic heterocycles. The van der Waals surface area contributed by atoms with E-state index in [1.165, 1.54) is 28.1 Å². The summed E-state index contributed by atoms with van der Waals surface area (Å²) >= 11 is 0. The number of piperidine rings is 1. The minimum atomic E-state index is 0.194. The molecule has 0 N–H and O–H groups in total. The van der Waals surface area contributed by atoms with Crippen molar-refractivity contribution in [3.05, 3.63) is 71.3 Å². The maximum Gasteiger partial charge on any atom is 0.226 e. The number of hydrogen-bond donors (Lipinski definition) is 0. The van der Waals surface area contributed by atoms with Gasteiger partial charge in [0.05, 0.1) is 0 Å². The van der Waals surface area contributed by atoms with Crippen molar-refractivity contribution in [1.29, 1.82) is 0 Å². The monoisotopic (exact) mass is 384 g/mol. The molecular formula is C26H28N2O. The van der Waals surface area contributed by atoms with Gasteiger partial charge in [-0.05, 0) is 61.3 Å². The van der Waals surface area contributed by atoms with Gasteiger partial charge in [-0.2, -0.15) is 0 Å². The fraction of sp³-hybridized carbons (Fsp3) is 0.423. The third-order valence-electron chi connectivity index (χ3n) is 7.54. The van der Waals surface area contributed by atoms with Gasteiger partial charge < -0.3 is 9.80 Å². The average molecular weight is 385 g/mol. The molecule has 1 unspecified atom stereocenters. The highest BCUT2D eigenvalue weighted by molar-refractivity contribution is 5.82. The predicted octanol–water partition coefficient (Wildman–Crippen LogP) is 4.98. The van der Waals surface area contributed by atoms with E-state index >= 15 is 0 Å². The summed E-state index contributed by atoms with van der Waals surface area (Å²) in [6.45, 7) is 1.76. The molecule has 2 aromatic carbocycles. The second kappa shape index (κ2) is 6.76. The molecule has 3 nitrogen and oxygen atoms in total. The first-order chi connectivity index (χ1) is 14.3. The van der Waals surface area contributed by atoms with Crippen LogP contribution in [0.5, 0.6) is 0 Å². The maximum atomic E-state index is 13.2. The Morgan fingerprint density at radius 1 is 0.931 bits per heavy atom. The van der Waals surface area contributed by atoms with Crippen LogP contribution in [-0.2, 0) is 17.6 Å². The number of likely N-dealkylation sites (tertiary alicyclic amines) is 1. The molecule has 3 atom stereocenters. The molecule has 1 fully saturated rings. The molecular weight excluding hydrogens is 356 g/mol. The highest BCUT2D eigenvalue weighted by Gasteiger charge is 2.45. The highest BCUT2D eigenvalue weighted by Crippen LogP contribution is 2.52. The van der Waals surface area contributed by atoms with E-state index in [4.69, 9.17) is 0 Å². The average Bonchev–Trinajstić information content (AvgIpc) is 3.01. The number of para-hydroxylation sites is 2. The normalized spacial score (nSPS) is 27.1. The number of anilines is 2. The zero-order valence-electron chi connectivity index (χ0n) is 16.9. The van der Waals surface area contributed by atoms with Crippen molar-refractivity contribution >= 4 is 17.3 Å². The van der Waals surface area contributed by atoms with E-state index in [1.807, 2.05) is 0 Å². The van der Waals surface area contributed by atoms with Gasteiger partial charge in [0.25, 0.3) is 0 Å². The van der Waals surface area contributed by atoms with Gasteiger partial charge in [-0.1, -0.05) is 48.6 Å². The largest absolute Gasteiger partial charge is 0.342 e. The lowest BCUT2D eigenvalue weighted by atomic mass is 9.86. The van der Waals surface area contributed by atoms with Crippen LogP contribution in [0.1, 0.15) is 48.3 Å². The molecule has 0 radical (unpaired) electrons. The fourth-order valence-corrected chi connectivity index (χ4v) is 6.13. The van der Waals surface area contributed by atoms with Crippen LogP contribution in [0, 0.1) is 5.92 Å². The highest BCUT2D eigenvalue weighted by atomic mass is 16.2. The van der Waals surface area contributed by atoms with Crippen LogP contribution in [0.3, 0.4) is 0 Å². The molecule has 148 valence electrons. The molecule has 0 spiro atoms. The van der Waals surface area contributed by atoms with E-state index in [1.54, 1.807) is 0 Å². The Kier molecular flexibility index (Phi) is 4.04. The van der Waals surface area contributed by atoms with Gasteiger partial charge in [0, 0.05) is 42.3 Å². The second-order valence-electron chi connectivity index (χ2n) is 9.08. The molecule has 1 saturated heterocycles. The van der Waals surface area contributed by atoms with Crippen LogP contribution in [-0.4, -0.2) is 29.9 Å². The number of carbonyl (C=O) groups is 1. The summed E-state index contributed by atoms with van der Waals surface area (Å²) in [5.41, 5.74) is 7.24. The van der Waals surface area contributed by atoms with Crippen molar-refractivity contribution in [2.24, 2.45) is 5.92 Å². The number of fused-ring (bicyclic) bond motifs is 5. The van der Waals surface area contributed by atoms with Crippen molar-refractivity contribution in [2.75, 3.05) is 18.0 Å². The van der Waals surface area contributed by atoms with Gasteiger partial charge in [-0.25, -0.2) is 0 Å². The topological polar surface area (TPSA) is 23.6 Å². The van der Waals surface area contributed by atoms with Crippen LogP contribution in [0.2, 0.25) is 0 Å². The third kappa shape index (κ3) is 2.67. The molecule has 1 aliphatic carbocycles. The number of allylic oxidation sites excluding steroid dienone is 2. The maximum absolute atomic E-state index is 13.2. The minimum Gasteiger partial charge on any atom is -0.342 e. The molecule has 0 saturated carbocycles. The lowest BCUT2D eigenvalue weighted by molar-refractivity contribution is -0.137. The SMILES string of the molecule is O=C(C1CC=CCC1)N1CC[C@@H]2[C@@H](C1)c1cccc3c1N2c1ccccc1CC3. The molecule has 2 aromatic rings. The zero-order chi connectivity index (χ0) is 19.4. The number of rotatable bonds is 1. The van der Waals surface area contributed by atoms with E-state index in [0.29, 0.717) is 17.9 Å². The third-order valence-corrected chi connectivity index (χ3v) is 7.54. The summed E-state index contributed by atoms with van der Waals surface area (Å²) < 4.78 is 0. The van der Waals surface area contributed by atoms with E-state index < -0.39 is 0 Å². The number of hydrogen-bond acceptors (Lipinski definition) is 2. The second-order valence-corrected chi connectivity index (χ2v) is 9.08. The molecule has 3 heteroatoms. The first-order valence-corrected chi connectivity index (χ1v) is 11.2. The van der Waals surface area contributed by atoms with Gasteiger partial charge >= 0.3 is 0 Å². The lowest BCUT2D eigenvalue weighted by Gasteiger charge is -2.40. The minimum absolute atomic E-state index is 0.194. The lowest BCUT2D eigenvalue weighted by Crippen LogP contribution is -2.49. The van der Waals surface area contributed by atoms with Crippen LogP contribution in [0.4, 0.5) is 11.4 Å². The number of benzene rings is 2. The van der Waals surface area contributed by atoms with E-state index in [-0.39, 0.29) is 5.92 Å². The molecule has 0 bridgehead atoms. The van der Waals surface area contributed by atoms with Crippen LogP contribution in [0.25, 0.3) is 0 Å².